The maximum Gasteiger partial charge on any atom is 0.200 e. The standard InChI is InChI=1S/C24H28ClN3O/c25-22-13-20(12-21-16-28(15-18-1-2-18)24(29)23(21)22)11-17-5-9-27(10-6-17)14-19-3-7-26-8-4-19/h3-4,7-8,12-13,16-18,29H,1-2,5-6,9-11,14-15H2. The van der Waals surface area contributed by atoms with E-state index in [-0.39, 0.29) is 0 Å². The first-order chi connectivity index (χ1) is 14.2. The van der Waals surface area contributed by atoms with E-state index in [1.807, 2.05) is 17.0 Å². The number of rotatable bonds is 6. The van der Waals surface area contributed by atoms with Crippen molar-refractivity contribution in [2.24, 2.45) is 11.8 Å². The molecule has 1 aliphatic heterocycles. The van der Waals surface area contributed by atoms with Crippen LogP contribution in [-0.4, -0.2) is 32.6 Å². The highest BCUT2D eigenvalue weighted by atomic mass is 35.5. The van der Waals surface area contributed by atoms with E-state index in [1.165, 1.54) is 36.8 Å². The second kappa shape index (κ2) is 8.00. The van der Waals surface area contributed by atoms with E-state index >= 15 is 0 Å². The summed E-state index contributed by atoms with van der Waals surface area (Å²) in [6.07, 6.45) is 11.9. The van der Waals surface area contributed by atoms with Crippen LogP contribution in [-0.2, 0) is 19.5 Å². The van der Waals surface area contributed by atoms with Crippen molar-refractivity contribution in [2.45, 2.75) is 45.2 Å². The fourth-order valence-corrected chi connectivity index (χ4v) is 4.99. The lowest BCUT2D eigenvalue weighted by atomic mass is 9.89. The summed E-state index contributed by atoms with van der Waals surface area (Å²) < 4.78 is 1.98. The maximum atomic E-state index is 10.6. The second-order valence-corrected chi connectivity index (χ2v) is 9.28. The molecule has 3 heterocycles. The number of pyridine rings is 1. The quantitative estimate of drug-likeness (QED) is 0.603. The molecule has 152 valence electrons. The molecule has 0 radical (unpaired) electrons. The SMILES string of the molecule is Oc1c2c(Cl)cc(CC3CCN(Cc4ccncc4)CC3)cc2cn1CC1CC1. The molecule has 3 aromatic rings. The van der Waals surface area contributed by atoms with Crippen molar-refractivity contribution in [3.63, 3.8) is 0 Å². The van der Waals surface area contributed by atoms with Crippen molar-refractivity contribution in [1.82, 2.24) is 14.5 Å². The Hall–Kier alpha value is -2.04. The van der Waals surface area contributed by atoms with Gasteiger partial charge in [-0.3, -0.25) is 9.88 Å². The molecule has 5 rings (SSSR count). The van der Waals surface area contributed by atoms with Crippen molar-refractivity contribution in [3.8, 4) is 5.88 Å². The zero-order valence-electron chi connectivity index (χ0n) is 16.7. The lowest BCUT2D eigenvalue weighted by Gasteiger charge is -2.32. The molecule has 1 saturated carbocycles. The largest absolute Gasteiger partial charge is 0.494 e. The summed E-state index contributed by atoms with van der Waals surface area (Å²) in [5, 5.41) is 13.1. The molecule has 4 nitrogen and oxygen atoms in total. The number of likely N-dealkylation sites (tertiary alicyclic amines) is 1. The number of aromatic hydroxyl groups is 1. The Kier molecular flexibility index (Phi) is 5.23. The number of hydrogen-bond donors (Lipinski definition) is 1. The van der Waals surface area contributed by atoms with Crippen LogP contribution < -0.4 is 0 Å². The topological polar surface area (TPSA) is 41.3 Å². The lowest BCUT2D eigenvalue weighted by Crippen LogP contribution is -2.33. The Morgan fingerprint density at radius 2 is 1.76 bits per heavy atom. The van der Waals surface area contributed by atoms with Gasteiger partial charge in [-0.2, -0.15) is 0 Å². The van der Waals surface area contributed by atoms with E-state index in [0.29, 0.717) is 16.8 Å². The van der Waals surface area contributed by atoms with E-state index in [1.54, 1.807) is 0 Å². The van der Waals surface area contributed by atoms with Crippen LogP contribution in [0.2, 0.25) is 5.02 Å². The molecule has 1 aromatic carbocycles. The van der Waals surface area contributed by atoms with Crippen LogP contribution in [0.4, 0.5) is 0 Å². The third-order valence-corrected chi connectivity index (χ3v) is 6.81. The minimum absolute atomic E-state index is 0.327. The zero-order valence-corrected chi connectivity index (χ0v) is 17.5. The predicted octanol–water partition coefficient (Wildman–Crippen LogP) is 5.26. The summed E-state index contributed by atoms with van der Waals surface area (Å²) in [6, 6.07) is 8.50. The minimum Gasteiger partial charge on any atom is -0.494 e. The smallest absolute Gasteiger partial charge is 0.200 e. The van der Waals surface area contributed by atoms with Crippen LogP contribution in [0.15, 0.2) is 42.9 Å². The van der Waals surface area contributed by atoms with Crippen LogP contribution >= 0.6 is 11.6 Å². The van der Waals surface area contributed by atoms with Crippen molar-refractivity contribution in [1.29, 1.82) is 0 Å². The van der Waals surface area contributed by atoms with Crippen LogP contribution in [0.3, 0.4) is 0 Å². The Balaban J connectivity index is 1.24. The van der Waals surface area contributed by atoms with Gasteiger partial charge in [0, 0.05) is 37.1 Å². The molecule has 2 fully saturated rings. The molecule has 0 bridgehead atoms. The average molecular weight is 410 g/mol. The van der Waals surface area contributed by atoms with Gasteiger partial charge in [0.15, 0.2) is 0 Å². The molecule has 0 spiro atoms. The molecule has 2 aliphatic rings. The lowest BCUT2D eigenvalue weighted by molar-refractivity contribution is 0.177. The Bertz CT molecular complexity index is 988. The van der Waals surface area contributed by atoms with E-state index in [2.05, 4.69) is 40.3 Å². The van der Waals surface area contributed by atoms with Gasteiger partial charge < -0.3 is 9.67 Å². The first kappa shape index (κ1) is 19.0. The molecule has 2 aromatic heterocycles. The monoisotopic (exact) mass is 409 g/mol. The molecule has 5 heteroatoms. The zero-order chi connectivity index (χ0) is 19.8. The van der Waals surface area contributed by atoms with E-state index in [0.717, 1.165) is 49.3 Å². The molecule has 0 amide bonds. The number of halogens is 1. The van der Waals surface area contributed by atoms with Gasteiger partial charge in [-0.1, -0.05) is 11.6 Å². The number of benzene rings is 1. The average Bonchev–Trinajstić information content (AvgIpc) is 3.47. The van der Waals surface area contributed by atoms with Crippen molar-refractivity contribution >= 4 is 22.4 Å². The highest BCUT2D eigenvalue weighted by Crippen LogP contribution is 2.38. The van der Waals surface area contributed by atoms with Crippen LogP contribution in [0.1, 0.15) is 36.8 Å². The van der Waals surface area contributed by atoms with Gasteiger partial charge in [0.1, 0.15) is 0 Å². The van der Waals surface area contributed by atoms with Crippen LogP contribution in [0.5, 0.6) is 5.88 Å². The summed E-state index contributed by atoms with van der Waals surface area (Å²) in [6.45, 7) is 4.20. The molecular formula is C24H28ClN3O. The van der Waals surface area contributed by atoms with Gasteiger partial charge >= 0.3 is 0 Å². The molecule has 0 atom stereocenters. The summed E-state index contributed by atoms with van der Waals surface area (Å²) in [7, 11) is 0. The van der Waals surface area contributed by atoms with Gasteiger partial charge in [-0.15, -0.1) is 0 Å². The van der Waals surface area contributed by atoms with Crippen LogP contribution in [0, 0.1) is 11.8 Å². The third kappa shape index (κ3) is 4.29. The Labute approximate surface area is 177 Å². The summed E-state index contributed by atoms with van der Waals surface area (Å²) >= 11 is 6.58. The molecule has 1 aliphatic carbocycles. The predicted molar refractivity (Wildman–Crippen MR) is 117 cm³/mol. The van der Waals surface area contributed by atoms with Gasteiger partial charge in [0.2, 0.25) is 5.88 Å². The normalized spacial score (nSPS) is 18.5. The van der Waals surface area contributed by atoms with Gasteiger partial charge in [-0.05, 0) is 92.4 Å². The fourth-order valence-electron chi connectivity index (χ4n) is 4.66. The van der Waals surface area contributed by atoms with Gasteiger partial charge in [0.25, 0.3) is 0 Å². The molecule has 1 saturated heterocycles. The maximum absolute atomic E-state index is 10.6. The van der Waals surface area contributed by atoms with E-state index < -0.39 is 0 Å². The first-order valence-electron chi connectivity index (χ1n) is 10.8. The highest BCUT2D eigenvalue weighted by molar-refractivity contribution is 6.36. The van der Waals surface area contributed by atoms with E-state index in [4.69, 9.17) is 11.6 Å². The van der Waals surface area contributed by atoms with Crippen LogP contribution in [0.25, 0.3) is 10.8 Å². The van der Waals surface area contributed by atoms with Gasteiger partial charge in [-0.25, -0.2) is 0 Å². The fraction of sp³-hybridized carbons (Fsp3) is 0.458. The number of aromatic nitrogens is 2. The first-order valence-corrected chi connectivity index (χ1v) is 11.1. The third-order valence-electron chi connectivity index (χ3n) is 6.51. The molecule has 1 N–H and O–H groups in total. The van der Waals surface area contributed by atoms with Crippen molar-refractivity contribution in [2.75, 3.05) is 13.1 Å². The summed E-state index contributed by atoms with van der Waals surface area (Å²) in [5.41, 5.74) is 2.63. The van der Waals surface area contributed by atoms with E-state index in [9.17, 15) is 5.11 Å². The molecule has 0 unspecified atom stereocenters. The molecular weight excluding hydrogens is 382 g/mol. The number of fused-ring (bicyclic) bond motifs is 1. The van der Waals surface area contributed by atoms with Gasteiger partial charge in [0.05, 0.1) is 10.4 Å². The highest BCUT2D eigenvalue weighted by Gasteiger charge is 2.24. The Morgan fingerprint density at radius 1 is 1.00 bits per heavy atom. The minimum atomic E-state index is 0.327. The number of piperidine rings is 1. The Morgan fingerprint density at radius 3 is 2.48 bits per heavy atom. The second-order valence-electron chi connectivity index (χ2n) is 8.87. The van der Waals surface area contributed by atoms with Crippen molar-refractivity contribution < 1.29 is 5.11 Å². The van der Waals surface area contributed by atoms with Crippen molar-refractivity contribution in [3.05, 3.63) is 59.0 Å². The summed E-state index contributed by atoms with van der Waals surface area (Å²) in [5.74, 6) is 1.74. The number of hydrogen-bond acceptors (Lipinski definition) is 3. The number of nitrogens with zero attached hydrogens (tertiary/aromatic N) is 3. The molecule has 29 heavy (non-hydrogen) atoms. The summed E-state index contributed by atoms with van der Waals surface area (Å²) in [4.78, 5) is 6.64.